The predicted octanol–water partition coefficient (Wildman–Crippen LogP) is 3.77. The van der Waals surface area contributed by atoms with Crippen molar-refractivity contribution in [3.05, 3.63) is 59.7 Å². The Bertz CT molecular complexity index is 1030. The zero-order chi connectivity index (χ0) is 19.8. The summed E-state index contributed by atoms with van der Waals surface area (Å²) in [6, 6.07) is 12.5. The van der Waals surface area contributed by atoms with Crippen molar-refractivity contribution in [2.75, 3.05) is 30.4 Å². The van der Waals surface area contributed by atoms with Crippen molar-refractivity contribution in [2.24, 2.45) is 0 Å². The van der Waals surface area contributed by atoms with E-state index in [1.54, 1.807) is 24.0 Å². The van der Waals surface area contributed by atoms with Gasteiger partial charge in [-0.25, -0.2) is 4.39 Å². The maximum atomic E-state index is 13.5. The summed E-state index contributed by atoms with van der Waals surface area (Å²) in [6.45, 7) is 2.13. The molecular formula is C21H21FN4O2. The molecular weight excluding hydrogens is 359 g/mol. The normalized spacial score (nSPS) is 16.6. The van der Waals surface area contributed by atoms with Crippen LogP contribution in [0.1, 0.15) is 23.7 Å². The monoisotopic (exact) mass is 380 g/mol. The van der Waals surface area contributed by atoms with E-state index in [-0.39, 0.29) is 17.6 Å². The first kappa shape index (κ1) is 18.2. The molecule has 0 aliphatic carbocycles. The lowest BCUT2D eigenvalue weighted by molar-refractivity contribution is -0.117. The summed E-state index contributed by atoms with van der Waals surface area (Å²) in [7, 11) is 3.93. The number of benzene rings is 2. The lowest BCUT2D eigenvalue weighted by atomic mass is 10.1. The van der Waals surface area contributed by atoms with Gasteiger partial charge in [0.25, 0.3) is 5.89 Å². The largest absolute Gasteiger partial charge is 0.378 e. The van der Waals surface area contributed by atoms with E-state index in [1.165, 1.54) is 6.07 Å². The summed E-state index contributed by atoms with van der Waals surface area (Å²) in [5.41, 5.74) is 3.07. The van der Waals surface area contributed by atoms with E-state index in [0.717, 1.165) is 11.3 Å². The molecule has 1 amide bonds. The second-order valence-corrected chi connectivity index (χ2v) is 7.24. The van der Waals surface area contributed by atoms with Gasteiger partial charge in [-0.2, -0.15) is 4.98 Å². The summed E-state index contributed by atoms with van der Waals surface area (Å²) < 4.78 is 19.0. The van der Waals surface area contributed by atoms with E-state index < -0.39 is 0 Å². The molecule has 28 heavy (non-hydrogen) atoms. The van der Waals surface area contributed by atoms with Gasteiger partial charge in [0.05, 0.1) is 0 Å². The van der Waals surface area contributed by atoms with Gasteiger partial charge in [-0.15, -0.1) is 0 Å². The first-order valence-corrected chi connectivity index (χ1v) is 9.10. The molecule has 1 aliphatic heterocycles. The molecule has 1 saturated heterocycles. The molecule has 3 aromatic rings. The van der Waals surface area contributed by atoms with E-state index in [0.29, 0.717) is 35.9 Å². The van der Waals surface area contributed by atoms with Gasteiger partial charge in [0.15, 0.2) is 5.82 Å². The summed E-state index contributed by atoms with van der Waals surface area (Å²) >= 11 is 0. The number of rotatable bonds is 4. The molecule has 7 heteroatoms. The molecule has 1 unspecified atom stereocenters. The molecule has 1 atom stereocenters. The molecule has 0 bridgehead atoms. The number of hydrogen-bond donors (Lipinski definition) is 0. The van der Waals surface area contributed by atoms with Gasteiger partial charge in [0.1, 0.15) is 5.82 Å². The Morgan fingerprint density at radius 3 is 2.79 bits per heavy atom. The van der Waals surface area contributed by atoms with E-state index in [9.17, 15) is 9.18 Å². The molecule has 2 aromatic carbocycles. The van der Waals surface area contributed by atoms with Gasteiger partial charge in [-0.05, 0) is 48.9 Å². The number of aromatic nitrogens is 2. The Hall–Kier alpha value is -3.22. The average Bonchev–Trinajstić information content (AvgIpc) is 3.31. The second kappa shape index (κ2) is 7.07. The van der Waals surface area contributed by atoms with Crippen LogP contribution in [0.2, 0.25) is 0 Å². The summed E-state index contributed by atoms with van der Waals surface area (Å²) in [4.78, 5) is 20.7. The van der Waals surface area contributed by atoms with Gasteiger partial charge < -0.3 is 14.3 Å². The van der Waals surface area contributed by atoms with Gasteiger partial charge in [-0.3, -0.25) is 4.79 Å². The van der Waals surface area contributed by atoms with Gasteiger partial charge >= 0.3 is 0 Å². The van der Waals surface area contributed by atoms with Crippen molar-refractivity contribution in [3.8, 4) is 11.5 Å². The number of carbonyl (C=O) groups is 1. The zero-order valence-corrected chi connectivity index (χ0v) is 16.0. The number of anilines is 2. The first-order valence-electron chi connectivity index (χ1n) is 9.10. The summed E-state index contributed by atoms with van der Waals surface area (Å²) in [6.07, 6.45) is 0.299. The third-order valence-electron chi connectivity index (χ3n) is 4.99. The van der Waals surface area contributed by atoms with Crippen molar-refractivity contribution in [1.29, 1.82) is 0 Å². The number of amides is 1. The average molecular weight is 380 g/mol. The minimum absolute atomic E-state index is 0.0306. The fourth-order valence-corrected chi connectivity index (χ4v) is 3.36. The van der Waals surface area contributed by atoms with Crippen LogP contribution in [0.3, 0.4) is 0 Å². The molecule has 6 nitrogen and oxygen atoms in total. The number of carbonyl (C=O) groups excluding carboxylic acids is 1. The molecule has 0 spiro atoms. The molecule has 1 aromatic heterocycles. The molecule has 2 heterocycles. The fourth-order valence-electron chi connectivity index (χ4n) is 3.36. The van der Waals surface area contributed by atoms with E-state index in [2.05, 4.69) is 10.1 Å². The second-order valence-electron chi connectivity index (χ2n) is 7.24. The van der Waals surface area contributed by atoms with Crippen LogP contribution in [0.5, 0.6) is 0 Å². The molecule has 1 fully saturated rings. The van der Waals surface area contributed by atoms with Crippen LogP contribution >= 0.6 is 0 Å². The third-order valence-corrected chi connectivity index (χ3v) is 4.99. The van der Waals surface area contributed by atoms with Crippen LogP contribution in [-0.4, -0.2) is 36.7 Å². The highest BCUT2D eigenvalue weighted by Gasteiger charge is 2.34. The van der Waals surface area contributed by atoms with E-state index in [4.69, 9.17) is 4.52 Å². The Balaban J connectivity index is 1.55. The molecule has 1 aliphatic rings. The lowest BCUT2D eigenvalue weighted by Gasteiger charge is -2.16. The van der Waals surface area contributed by atoms with Gasteiger partial charge in [-0.1, -0.05) is 11.2 Å². The van der Waals surface area contributed by atoms with E-state index in [1.807, 2.05) is 43.3 Å². The minimum Gasteiger partial charge on any atom is -0.378 e. The Labute approximate surface area is 162 Å². The molecule has 144 valence electrons. The van der Waals surface area contributed by atoms with Crippen molar-refractivity contribution in [3.63, 3.8) is 0 Å². The third kappa shape index (κ3) is 3.35. The Kier molecular flexibility index (Phi) is 4.58. The number of halogens is 1. The summed E-state index contributed by atoms with van der Waals surface area (Å²) in [5.74, 6) is 0.473. The predicted molar refractivity (Wildman–Crippen MR) is 105 cm³/mol. The topological polar surface area (TPSA) is 62.5 Å². The van der Waals surface area contributed by atoms with Crippen LogP contribution in [0, 0.1) is 12.7 Å². The lowest BCUT2D eigenvalue weighted by Crippen LogP contribution is -2.24. The smallest absolute Gasteiger partial charge is 0.258 e. The Morgan fingerprint density at radius 2 is 2.04 bits per heavy atom. The minimum atomic E-state index is -0.283. The van der Waals surface area contributed by atoms with E-state index >= 15 is 0 Å². The highest BCUT2D eigenvalue weighted by Crippen LogP contribution is 2.32. The first-order chi connectivity index (χ1) is 13.4. The van der Waals surface area contributed by atoms with Crippen LogP contribution in [0.25, 0.3) is 11.5 Å². The highest BCUT2D eigenvalue weighted by molar-refractivity contribution is 5.96. The highest BCUT2D eigenvalue weighted by atomic mass is 19.1. The van der Waals surface area contributed by atoms with Crippen molar-refractivity contribution in [1.82, 2.24) is 10.1 Å². The standard InChI is InChI=1S/C21H21FN4O2/c1-13-9-17(7-8-18(13)22)26-12-15(11-19(26)27)20-23-21(28-24-20)14-5-4-6-16(10-14)25(2)3/h4-10,15H,11-12H2,1-3H3. The van der Waals surface area contributed by atoms with Crippen LogP contribution in [0.4, 0.5) is 15.8 Å². The number of aryl methyl sites for hydroxylation is 1. The number of hydrogen-bond acceptors (Lipinski definition) is 5. The fraction of sp³-hybridized carbons (Fsp3) is 0.286. The maximum Gasteiger partial charge on any atom is 0.258 e. The maximum absolute atomic E-state index is 13.5. The number of nitrogens with zero attached hydrogens (tertiary/aromatic N) is 4. The zero-order valence-electron chi connectivity index (χ0n) is 16.0. The SMILES string of the molecule is Cc1cc(N2CC(c3noc(-c4cccc(N(C)C)c4)n3)CC2=O)ccc1F. The molecule has 0 radical (unpaired) electrons. The summed E-state index contributed by atoms with van der Waals surface area (Å²) in [5, 5.41) is 4.10. The van der Waals surface area contributed by atoms with Crippen LogP contribution < -0.4 is 9.80 Å². The Morgan fingerprint density at radius 1 is 1.21 bits per heavy atom. The van der Waals surface area contributed by atoms with Crippen molar-refractivity contribution >= 4 is 17.3 Å². The van der Waals surface area contributed by atoms with Crippen molar-refractivity contribution < 1.29 is 13.7 Å². The van der Waals surface area contributed by atoms with Gasteiger partial charge in [0.2, 0.25) is 5.91 Å². The quantitative estimate of drug-likeness (QED) is 0.689. The molecule has 4 rings (SSSR count). The van der Waals surface area contributed by atoms with Crippen LogP contribution in [0.15, 0.2) is 47.0 Å². The van der Waals surface area contributed by atoms with Crippen LogP contribution in [-0.2, 0) is 4.79 Å². The van der Waals surface area contributed by atoms with Gasteiger partial charge in [0, 0.05) is 49.9 Å². The molecule has 0 N–H and O–H groups in total. The van der Waals surface area contributed by atoms with Crippen molar-refractivity contribution in [2.45, 2.75) is 19.3 Å². The molecule has 0 saturated carbocycles.